The maximum atomic E-state index is 5.98. The number of hydrogen-bond donors (Lipinski definition) is 1. The Morgan fingerprint density at radius 1 is 1.04 bits per heavy atom. The van der Waals surface area contributed by atoms with E-state index in [0.717, 1.165) is 36.0 Å². The number of hydrogen-bond acceptors (Lipinski definition) is 2. The highest BCUT2D eigenvalue weighted by atomic mass is 16.5. The Balaban J connectivity index is 1.33. The molecule has 1 heterocycles. The van der Waals surface area contributed by atoms with Crippen molar-refractivity contribution in [1.82, 2.24) is 9.88 Å². The molecule has 0 amide bonds. The Bertz CT molecular complexity index is 800. The molecule has 3 aromatic rings. The molecule has 0 radical (unpaired) electrons. The maximum absolute atomic E-state index is 5.98. The molecule has 0 spiro atoms. The highest BCUT2D eigenvalue weighted by Crippen LogP contribution is 2.30. The molecule has 0 saturated heterocycles. The first-order valence-corrected chi connectivity index (χ1v) is 9.87. The summed E-state index contributed by atoms with van der Waals surface area (Å²) in [6, 6.07) is 18.8. The molecule has 3 nitrogen and oxygen atoms in total. The van der Waals surface area contributed by atoms with Crippen molar-refractivity contribution < 1.29 is 4.74 Å². The monoisotopic (exact) mass is 348 g/mol. The van der Waals surface area contributed by atoms with Gasteiger partial charge in [0.15, 0.2) is 5.88 Å². The minimum absolute atomic E-state index is 0.789. The van der Waals surface area contributed by atoms with Crippen molar-refractivity contribution in [3.63, 3.8) is 0 Å². The second-order valence-corrected chi connectivity index (χ2v) is 7.46. The lowest BCUT2D eigenvalue weighted by atomic mass is 10.1. The van der Waals surface area contributed by atoms with E-state index in [9.17, 15) is 0 Å². The second-order valence-electron chi connectivity index (χ2n) is 7.46. The Morgan fingerprint density at radius 2 is 1.85 bits per heavy atom. The van der Waals surface area contributed by atoms with E-state index in [0.29, 0.717) is 0 Å². The summed E-state index contributed by atoms with van der Waals surface area (Å²) in [6.07, 6.45) is 5.21. The van der Waals surface area contributed by atoms with E-state index in [1.165, 1.54) is 43.3 Å². The first-order chi connectivity index (χ1) is 12.8. The normalized spacial score (nSPS) is 14.2. The number of para-hydroxylation sites is 1. The van der Waals surface area contributed by atoms with Gasteiger partial charge in [-0.1, -0.05) is 37.3 Å². The number of H-pyrrole nitrogens is 1. The zero-order valence-electron chi connectivity index (χ0n) is 15.6. The summed E-state index contributed by atoms with van der Waals surface area (Å²) in [5, 5.41) is 1.17. The van der Waals surface area contributed by atoms with Crippen LogP contribution in [0.3, 0.4) is 0 Å². The number of nitrogens with one attached hydrogen (secondary N) is 1. The maximum Gasteiger partial charge on any atom is 0.198 e. The molecule has 1 saturated carbocycles. The first-order valence-electron chi connectivity index (χ1n) is 9.87. The third kappa shape index (κ3) is 4.47. The average Bonchev–Trinajstić information content (AvgIpc) is 3.38. The van der Waals surface area contributed by atoms with E-state index < -0.39 is 0 Å². The van der Waals surface area contributed by atoms with Gasteiger partial charge in [-0.3, -0.25) is 0 Å². The molecule has 1 aliphatic rings. The standard InChI is InChI=1S/C23H28N2O/c1-2-14-25(17-19-7-8-19)15-13-18-9-11-21(12-10-18)26-23-16-20-5-3-4-6-22(20)24-23/h3-6,9-12,16,19,24H,2,7-8,13-15,17H2,1H3. The van der Waals surface area contributed by atoms with Crippen LogP contribution in [0.4, 0.5) is 0 Å². The molecule has 26 heavy (non-hydrogen) atoms. The summed E-state index contributed by atoms with van der Waals surface area (Å²) in [6.45, 7) is 5.94. The fourth-order valence-electron chi connectivity index (χ4n) is 3.52. The lowest BCUT2D eigenvalue weighted by molar-refractivity contribution is 0.266. The Labute approximate surface area is 156 Å². The Kier molecular flexibility index (Phi) is 5.26. The summed E-state index contributed by atoms with van der Waals surface area (Å²) in [4.78, 5) is 5.94. The molecule has 1 aromatic heterocycles. The fourth-order valence-corrected chi connectivity index (χ4v) is 3.52. The van der Waals surface area contributed by atoms with Crippen molar-refractivity contribution in [3.05, 3.63) is 60.2 Å². The van der Waals surface area contributed by atoms with Crippen LogP contribution in [0.25, 0.3) is 10.9 Å². The minimum atomic E-state index is 0.789. The van der Waals surface area contributed by atoms with Gasteiger partial charge in [0.05, 0.1) is 0 Å². The first kappa shape index (κ1) is 17.2. The lowest BCUT2D eigenvalue weighted by Crippen LogP contribution is -2.29. The van der Waals surface area contributed by atoms with Crippen molar-refractivity contribution in [1.29, 1.82) is 0 Å². The van der Waals surface area contributed by atoms with Gasteiger partial charge in [0.1, 0.15) is 5.75 Å². The number of aromatic amines is 1. The van der Waals surface area contributed by atoms with Crippen LogP contribution in [0.1, 0.15) is 31.7 Å². The van der Waals surface area contributed by atoms with Gasteiger partial charge in [0.25, 0.3) is 0 Å². The zero-order chi connectivity index (χ0) is 17.8. The molecular formula is C23H28N2O. The predicted octanol–water partition coefficient (Wildman–Crippen LogP) is 5.62. The molecule has 0 atom stereocenters. The highest BCUT2D eigenvalue weighted by molar-refractivity contribution is 5.81. The molecular weight excluding hydrogens is 320 g/mol. The number of benzene rings is 2. The van der Waals surface area contributed by atoms with Gasteiger partial charge in [-0.05, 0) is 61.9 Å². The number of ether oxygens (including phenoxy) is 1. The second kappa shape index (κ2) is 7.96. The van der Waals surface area contributed by atoms with Crippen LogP contribution in [0.2, 0.25) is 0 Å². The third-order valence-electron chi connectivity index (χ3n) is 5.13. The van der Waals surface area contributed by atoms with Crippen LogP contribution in [0.5, 0.6) is 11.6 Å². The molecule has 1 N–H and O–H groups in total. The molecule has 136 valence electrons. The fraction of sp³-hybridized carbons (Fsp3) is 0.391. The molecule has 4 rings (SSSR count). The van der Waals surface area contributed by atoms with Gasteiger partial charge in [-0.15, -0.1) is 0 Å². The van der Waals surface area contributed by atoms with Crippen LogP contribution < -0.4 is 4.74 Å². The van der Waals surface area contributed by atoms with E-state index in [-0.39, 0.29) is 0 Å². The van der Waals surface area contributed by atoms with E-state index in [2.05, 4.69) is 53.2 Å². The summed E-state index contributed by atoms with van der Waals surface area (Å²) in [5.74, 6) is 2.63. The van der Waals surface area contributed by atoms with Gasteiger partial charge < -0.3 is 14.6 Å². The summed E-state index contributed by atoms with van der Waals surface area (Å²) < 4.78 is 5.98. The van der Waals surface area contributed by atoms with Crippen LogP contribution in [-0.2, 0) is 6.42 Å². The van der Waals surface area contributed by atoms with Gasteiger partial charge in [-0.2, -0.15) is 0 Å². The van der Waals surface area contributed by atoms with E-state index in [4.69, 9.17) is 4.74 Å². The molecule has 0 bridgehead atoms. The van der Waals surface area contributed by atoms with Gasteiger partial charge in [0, 0.05) is 30.1 Å². The van der Waals surface area contributed by atoms with Crippen LogP contribution >= 0.6 is 0 Å². The van der Waals surface area contributed by atoms with Crippen LogP contribution in [-0.4, -0.2) is 29.5 Å². The third-order valence-corrected chi connectivity index (χ3v) is 5.13. The lowest BCUT2D eigenvalue weighted by Gasteiger charge is -2.21. The summed E-state index contributed by atoms with van der Waals surface area (Å²) >= 11 is 0. The molecule has 2 aromatic carbocycles. The number of rotatable bonds is 9. The van der Waals surface area contributed by atoms with E-state index in [1.54, 1.807) is 0 Å². The molecule has 0 aliphatic heterocycles. The van der Waals surface area contributed by atoms with Crippen LogP contribution in [0, 0.1) is 5.92 Å². The molecule has 1 fully saturated rings. The van der Waals surface area contributed by atoms with E-state index >= 15 is 0 Å². The average molecular weight is 348 g/mol. The minimum Gasteiger partial charge on any atom is -0.441 e. The number of aromatic nitrogens is 1. The van der Waals surface area contributed by atoms with Crippen LogP contribution in [0.15, 0.2) is 54.6 Å². The Hall–Kier alpha value is -2.26. The SMILES string of the molecule is CCCN(CCc1ccc(Oc2cc3ccccc3[nH]2)cc1)CC1CC1. The highest BCUT2D eigenvalue weighted by Gasteiger charge is 2.23. The van der Waals surface area contributed by atoms with Gasteiger partial charge >= 0.3 is 0 Å². The summed E-state index contributed by atoms with van der Waals surface area (Å²) in [5.41, 5.74) is 2.48. The Morgan fingerprint density at radius 3 is 2.58 bits per heavy atom. The van der Waals surface area contributed by atoms with Crippen molar-refractivity contribution in [2.75, 3.05) is 19.6 Å². The van der Waals surface area contributed by atoms with Crippen molar-refractivity contribution in [3.8, 4) is 11.6 Å². The molecule has 0 unspecified atom stereocenters. The van der Waals surface area contributed by atoms with Crippen molar-refractivity contribution >= 4 is 10.9 Å². The van der Waals surface area contributed by atoms with Gasteiger partial charge in [0.2, 0.25) is 0 Å². The predicted molar refractivity (Wildman–Crippen MR) is 108 cm³/mol. The molecule has 1 aliphatic carbocycles. The quantitative estimate of drug-likeness (QED) is 0.543. The van der Waals surface area contributed by atoms with Gasteiger partial charge in [-0.25, -0.2) is 0 Å². The largest absolute Gasteiger partial charge is 0.441 e. The molecule has 3 heteroatoms. The van der Waals surface area contributed by atoms with E-state index in [1.807, 2.05) is 18.2 Å². The smallest absolute Gasteiger partial charge is 0.198 e. The number of nitrogens with zero attached hydrogens (tertiary/aromatic N) is 1. The van der Waals surface area contributed by atoms with Crippen molar-refractivity contribution in [2.24, 2.45) is 5.92 Å². The number of fused-ring (bicyclic) bond motifs is 1. The zero-order valence-corrected chi connectivity index (χ0v) is 15.6. The topological polar surface area (TPSA) is 28.3 Å². The van der Waals surface area contributed by atoms with Crippen molar-refractivity contribution in [2.45, 2.75) is 32.6 Å². The summed E-state index contributed by atoms with van der Waals surface area (Å²) in [7, 11) is 0.